The van der Waals surface area contributed by atoms with Gasteiger partial charge in [-0.1, -0.05) is 12.1 Å². The fourth-order valence-corrected chi connectivity index (χ4v) is 3.27. The number of rotatable bonds is 9. The van der Waals surface area contributed by atoms with Crippen LogP contribution in [-0.4, -0.2) is 61.0 Å². The number of methoxy groups -OCH3 is 1. The van der Waals surface area contributed by atoms with Gasteiger partial charge < -0.3 is 25.0 Å². The number of anilines is 1. The number of esters is 1. The molecule has 9 heteroatoms. The number of hydrogen-bond donors (Lipinski definition) is 2. The van der Waals surface area contributed by atoms with E-state index in [-0.39, 0.29) is 17.8 Å². The average molecular weight is 452 g/mol. The van der Waals surface area contributed by atoms with Crippen LogP contribution in [0.3, 0.4) is 0 Å². The molecular weight excluding hydrogens is 422 g/mol. The van der Waals surface area contributed by atoms with Gasteiger partial charge in [0.15, 0.2) is 5.69 Å². The maximum atomic E-state index is 12.4. The molecule has 1 atom stereocenters. The van der Waals surface area contributed by atoms with Crippen LogP contribution in [0.5, 0.6) is 5.75 Å². The van der Waals surface area contributed by atoms with Gasteiger partial charge in [0, 0.05) is 18.4 Å². The van der Waals surface area contributed by atoms with Crippen molar-refractivity contribution >= 4 is 17.7 Å². The monoisotopic (exact) mass is 451 g/mol. The van der Waals surface area contributed by atoms with Crippen LogP contribution in [0.25, 0.3) is 5.69 Å². The predicted octanol–water partition coefficient (Wildman–Crippen LogP) is 3.48. The van der Waals surface area contributed by atoms with E-state index in [4.69, 9.17) is 9.47 Å². The number of nitrogens with one attached hydrogen (secondary N) is 2. The number of ether oxygens (including phenoxy) is 2. The quantitative estimate of drug-likeness (QED) is 0.484. The Morgan fingerprint density at radius 3 is 2.36 bits per heavy atom. The molecule has 0 aliphatic heterocycles. The normalized spacial score (nSPS) is 11.7. The Kier molecular flexibility index (Phi) is 8.04. The molecule has 0 bridgehead atoms. The van der Waals surface area contributed by atoms with E-state index in [1.54, 1.807) is 55.2 Å². The Bertz CT molecular complexity index is 1060. The first-order valence-corrected chi connectivity index (χ1v) is 10.6. The van der Waals surface area contributed by atoms with Gasteiger partial charge in [-0.25, -0.2) is 14.3 Å². The highest BCUT2D eigenvalue weighted by atomic mass is 16.5. The van der Waals surface area contributed by atoms with Gasteiger partial charge in [-0.15, -0.1) is 0 Å². The smallest absolute Gasteiger partial charge is 0.358 e. The van der Waals surface area contributed by atoms with Crippen molar-refractivity contribution in [2.75, 3.05) is 39.7 Å². The molecule has 33 heavy (non-hydrogen) atoms. The third kappa shape index (κ3) is 6.33. The number of likely N-dealkylation sites (N-methyl/N-ethyl adjacent to an activating group) is 1. The molecule has 0 saturated heterocycles. The number of benzene rings is 2. The molecule has 1 heterocycles. The standard InChI is InChI=1S/C24H29N5O4/c1-5-33-23(30)21-14-15-29(27-21)19-10-8-18(9-11-19)26-24(31)25-16-22(28(2)3)17-6-12-20(32-4)13-7-17/h6-15,22H,5,16H2,1-4H3,(H2,25,26,31). The molecule has 0 fully saturated rings. The molecule has 2 aromatic carbocycles. The summed E-state index contributed by atoms with van der Waals surface area (Å²) in [6.07, 6.45) is 1.68. The maximum Gasteiger partial charge on any atom is 0.358 e. The number of hydrogen-bond acceptors (Lipinski definition) is 6. The van der Waals surface area contributed by atoms with E-state index in [1.807, 2.05) is 43.3 Å². The van der Waals surface area contributed by atoms with Gasteiger partial charge >= 0.3 is 12.0 Å². The highest BCUT2D eigenvalue weighted by Gasteiger charge is 2.16. The summed E-state index contributed by atoms with van der Waals surface area (Å²) in [6.45, 7) is 2.48. The molecule has 0 spiro atoms. The van der Waals surface area contributed by atoms with Gasteiger partial charge in [-0.3, -0.25) is 0 Å². The van der Waals surface area contributed by atoms with Crippen molar-refractivity contribution in [2.24, 2.45) is 0 Å². The molecule has 0 aliphatic rings. The van der Waals surface area contributed by atoms with Crippen LogP contribution in [-0.2, 0) is 4.74 Å². The molecule has 0 saturated carbocycles. The largest absolute Gasteiger partial charge is 0.497 e. The summed E-state index contributed by atoms with van der Waals surface area (Å²) in [5.74, 6) is 0.328. The minimum atomic E-state index is -0.461. The molecule has 1 unspecified atom stereocenters. The molecule has 174 valence electrons. The second kappa shape index (κ2) is 11.1. The van der Waals surface area contributed by atoms with Gasteiger partial charge in [-0.2, -0.15) is 5.10 Å². The van der Waals surface area contributed by atoms with E-state index in [9.17, 15) is 9.59 Å². The van der Waals surface area contributed by atoms with Crippen LogP contribution in [0.15, 0.2) is 60.8 Å². The minimum absolute atomic E-state index is 0.0115. The molecule has 0 radical (unpaired) electrons. The van der Waals surface area contributed by atoms with E-state index in [2.05, 4.69) is 15.7 Å². The predicted molar refractivity (Wildman–Crippen MR) is 126 cm³/mol. The molecule has 3 aromatic rings. The number of aromatic nitrogens is 2. The topological polar surface area (TPSA) is 97.7 Å². The maximum absolute atomic E-state index is 12.4. The highest BCUT2D eigenvalue weighted by Crippen LogP contribution is 2.21. The van der Waals surface area contributed by atoms with Gasteiger partial charge in [0.25, 0.3) is 0 Å². The number of amides is 2. The van der Waals surface area contributed by atoms with Crippen molar-refractivity contribution < 1.29 is 19.1 Å². The van der Waals surface area contributed by atoms with Crippen LogP contribution in [0, 0.1) is 0 Å². The fourth-order valence-electron chi connectivity index (χ4n) is 3.27. The van der Waals surface area contributed by atoms with E-state index >= 15 is 0 Å². The van der Waals surface area contributed by atoms with E-state index in [1.165, 1.54) is 0 Å². The van der Waals surface area contributed by atoms with Crippen LogP contribution in [0.4, 0.5) is 10.5 Å². The number of carbonyl (C=O) groups excluding carboxylic acids is 2. The van der Waals surface area contributed by atoms with Crippen LogP contribution in [0.2, 0.25) is 0 Å². The zero-order chi connectivity index (χ0) is 23.8. The Balaban J connectivity index is 1.57. The van der Waals surface area contributed by atoms with Gasteiger partial charge in [0.1, 0.15) is 5.75 Å². The van der Waals surface area contributed by atoms with Crippen molar-refractivity contribution in [1.29, 1.82) is 0 Å². The molecule has 0 aliphatic carbocycles. The Hall–Kier alpha value is -3.85. The van der Waals surface area contributed by atoms with Crippen molar-refractivity contribution in [1.82, 2.24) is 20.0 Å². The first-order valence-electron chi connectivity index (χ1n) is 10.6. The minimum Gasteiger partial charge on any atom is -0.497 e. The molecule has 3 rings (SSSR count). The SMILES string of the molecule is CCOC(=O)c1ccn(-c2ccc(NC(=O)NCC(c3ccc(OC)cc3)N(C)C)cc2)n1. The molecular formula is C24H29N5O4. The summed E-state index contributed by atoms with van der Waals surface area (Å²) in [7, 11) is 5.57. The van der Waals surface area contributed by atoms with Crippen molar-refractivity contribution in [3.05, 3.63) is 72.1 Å². The summed E-state index contributed by atoms with van der Waals surface area (Å²) in [6, 6.07) is 16.3. The molecule has 1 aromatic heterocycles. The third-order valence-corrected chi connectivity index (χ3v) is 5.04. The van der Waals surface area contributed by atoms with Crippen LogP contribution in [0.1, 0.15) is 29.0 Å². The van der Waals surface area contributed by atoms with E-state index in [0.29, 0.717) is 18.8 Å². The Morgan fingerprint density at radius 2 is 1.76 bits per heavy atom. The van der Waals surface area contributed by atoms with Gasteiger partial charge in [0.2, 0.25) is 0 Å². The van der Waals surface area contributed by atoms with Gasteiger partial charge in [0.05, 0.1) is 25.4 Å². The van der Waals surface area contributed by atoms with Crippen LogP contribution >= 0.6 is 0 Å². The fraction of sp³-hybridized carbons (Fsp3) is 0.292. The summed E-state index contributed by atoms with van der Waals surface area (Å²) in [5.41, 5.74) is 2.71. The first-order chi connectivity index (χ1) is 15.9. The van der Waals surface area contributed by atoms with Crippen LogP contribution < -0.4 is 15.4 Å². The van der Waals surface area contributed by atoms with E-state index in [0.717, 1.165) is 17.0 Å². The zero-order valence-electron chi connectivity index (χ0n) is 19.2. The lowest BCUT2D eigenvalue weighted by molar-refractivity contribution is 0.0519. The molecule has 9 nitrogen and oxygen atoms in total. The lowest BCUT2D eigenvalue weighted by atomic mass is 10.1. The van der Waals surface area contributed by atoms with Crippen molar-refractivity contribution in [3.63, 3.8) is 0 Å². The van der Waals surface area contributed by atoms with Gasteiger partial charge in [-0.05, 0) is 69.0 Å². The number of urea groups is 1. The van der Waals surface area contributed by atoms with E-state index < -0.39 is 5.97 Å². The summed E-state index contributed by atoms with van der Waals surface area (Å²) in [4.78, 5) is 26.3. The average Bonchev–Trinajstić information content (AvgIpc) is 3.30. The van der Waals surface area contributed by atoms with Crippen molar-refractivity contribution in [3.8, 4) is 11.4 Å². The second-order valence-corrected chi connectivity index (χ2v) is 7.50. The number of nitrogens with zero attached hydrogens (tertiary/aromatic N) is 3. The summed E-state index contributed by atoms with van der Waals surface area (Å²) < 4.78 is 11.7. The Morgan fingerprint density at radius 1 is 1.06 bits per heavy atom. The summed E-state index contributed by atoms with van der Waals surface area (Å²) in [5, 5.41) is 9.98. The summed E-state index contributed by atoms with van der Waals surface area (Å²) >= 11 is 0. The second-order valence-electron chi connectivity index (χ2n) is 7.50. The zero-order valence-corrected chi connectivity index (χ0v) is 19.2. The first kappa shape index (κ1) is 23.8. The lowest BCUT2D eigenvalue weighted by Crippen LogP contribution is -2.36. The molecule has 2 N–H and O–H groups in total. The highest BCUT2D eigenvalue weighted by molar-refractivity contribution is 5.89. The third-order valence-electron chi connectivity index (χ3n) is 5.04. The molecule has 2 amide bonds. The number of carbonyl (C=O) groups is 2. The lowest BCUT2D eigenvalue weighted by Gasteiger charge is -2.25. The Labute approximate surface area is 193 Å². The van der Waals surface area contributed by atoms with Crippen molar-refractivity contribution in [2.45, 2.75) is 13.0 Å².